The molecule has 5 heteroatoms. The van der Waals surface area contributed by atoms with Crippen LogP contribution in [0.1, 0.15) is 25.0 Å². The Bertz CT molecular complexity index is 549. The van der Waals surface area contributed by atoms with Gasteiger partial charge in [0.2, 0.25) is 0 Å². The average molecular weight is 256 g/mol. The van der Waals surface area contributed by atoms with Gasteiger partial charge in [0.1, 0.15) is 11.9 Å². The fourth-order valence-electron chi connectivity index (χ4n) is 3.97. The largest absolute Gasteiger partial charge is 0.379 e. The highest BCUT2D eigenvalue weighted by Crippen LogP contribution is 2.56. The molecule has 3 fully saturated rings. The summed E-state index contributed by atoms with van der Waals surface area (Å²) in [6, 6.07) is 2.49. The standard InChI is InChI=1S/C14H16N4O/c15-4-10-5-16-6-13(17-10)18-9-14(2-1-3-14)11-7-19-8-12(11)18/h5-6,11-12H,1-3,7-9H2/t11-,12-/m0/s1. The highest BCUT2D eigenvalue weighted by atomic mass is 16.5. The summed E-state index contributed by atoms with van der Waals surface area (Å²) in [5.41, 5.74) is 0.827. The van der Waals surface area contributed by atoms with Gasteiger partial charge in [0.05, 0.1) is 31.6 Å². The minimum Gasteiger partial charge on any atom is -0.379 e. The second-order valence-electron chi connectivity index (χ2n) is 5.93. The van der Waals surface area contributed by atoms with Gasteiger partial charge in [-0.3, -0.25) is 4.98 Å². The molecule has 19 heavy (non-hydrogen) atoms. The number of anilines is 1. The van der Waals surface area contributed by atoms with Gasteiger partial charge < -0.3 is 9.64 Å². The van der Waals surface area contributed by atoms with E-state index in [1.165, 1.54) is 25.5 Å². The summed E-state index contributed by atoms with van der Waals surface area (Å²) in [4.78, 5) is 10.9. The minimum atomic E-state index is 0.391. The van der Waals surface area contributed by atoms with Crippen LogP contribution in [0.2, 0.25) is 0 Å². The van der Waals surface area contributed by atoms with Crippen molar-refractivity contribution in [2.75, 3.05) is 24.7 Å². The van der Waals surface area contributed by atoms with Gasteiger partial charge in [-0.15, -0.1) is 0 Å². The first-order chi connectivity index (χ1) is 9.32. The van der Waals surface area contributed by atoms with Crippen LogP contribution in [0.3, 0.4) is 0 Å². The lowest BCUT2D eigenvalue weighted by Crippen LogP contribution is -2.38. The normalized spacial score (nSPS) is 31.0. The van der Waals surface area contributed by atoms with E-state index in [0.29, 0.717) is 23.1 Å². The Hall–Kier alpha value is -1.67. The fourth-order valence-corrected chi connectivity index (χ4v) is 3.97. The van der Waals surface area contributed by atoms with E-state index in [0.717, 1.165) is 25.6 Å². The second kappa shape index (κ2) is 3.91. The van der Waals surface area contributed by atoms with Crippen molar-refractivity contribution in [2.24, 2.45) is 11.3 Å². The Morgan fingerprint density at radius 3 is 3.00 bits per heavy atom. The molecule has 1 spiro atoms. The van der Waals surface area contributed by atoms with Crippen LogP contribution in [-0.4, -0.2) is 35.8 Å². The number of hydrogen-bond acceptors (Lipinski definition) is 5. The molecular formula is C14H16N4O. The molecule has 0 radical (unpaired) electrons. The molecule has 1 aliphatic carbocycles. The van der Waals surface area contributed by atoms with Crippen molar-refractivity contribution >= 4 is 5.82 Å². The van der Waals surface area contributed by atoms with Crippen molar-refractivity contribution in [1.82, 2.24) is 9.97 Å². The van der Waals surface area contributed by atoms with Crippen LogP contribution in [0, 0.1) is 22.7 Å². The van der Waals surface area contributed by atoms with Crippen LogP contribution >= 0.6 is 0 Å². The van der Waals surface area contributed by atoms with Gasteiger partial charge >= 0.3 is 0 Å². The molecule has 0 N–H and O–H groups in total. The molecule has 1 aromatic heterocycles. The molecule has 1 aromatic rings. The van der Waals surface area contributed by atoms with Crippen molar-refractivity contribution in [3.63, 3.8) is 0 Å². The van der Waals surface area contributed by atoms with Crippen LogP contribution in [0.15, 0.2) is 12.4 Å². The summed E-state index contributed by atoms with van der Waals surface area (Å²) in [6.45, 7) is 2.71. The molecule has 2 saturated heterocycles. The zero-order chi connectivity index (χ0) is 12.9. The maximum atomic E-state index is 8.96. The highest BCUT2D eigenvalue weighted by Gasteiger charge is 2.57. The molecule has 4 rings (SSSR count). The first-order valence-corrected chi connectivity index (χ1v) is 6.89. The number of fused-ring (bicyclic) bond motifs is 2. The molecule has 0 bridgehead atoms. The summed E-state index contributed by atoms with van der Waals surface area (Å²) in [5.74, 6) is 1.47. The molecule has 98 valence electrons. The maximum Gasteiger partial charge on any atom is 0.161 e. The van der Waals surface area contributed by atoms with Crippen molar-refractivity contribution < 1.29 is 4.74 Å². The summed E-state index contributed by atoms with van der Waals surface area (Å²) < 4.78 is 5.70. The topological polar surface area (TPSA) is 62.0 Å². The van der Waals surface area contributed by atoms with Crippen molar-refractivity contribution in [1.29, 1.82) is 5.26 Å². The van der Waals surface area contributed by atoms with Crippen molar-refractivity contribution in [3.05, 3.63) is 18.1 Å². The number of aromatic nitrogens is 2. The number of rotatable bonds is 1. The Morgan fingerprint density at radius 1 is 1.37 bits per heavy atom. The molecule has 1 saturated carbocycles. The quantitative estimate of drug-likeness (QED) is 0.759. The zero-order valence-electron chi connectivity index (χ0n) is 10.7. The van der Waals surface area contributed by atoms with Gasteiger partial charge in [-0.1, -0.05) is 6.42 Å². The third-order valence-electron chi connectivity index (χ3n) is 5.10. The van der Waals surface area contributed by atoms with Crippen LogP contribution in [0.5, 0.6) is 0 Å². The molecule has 0 unspecified atom stereocenters. The SMILES string of the molecule is N#Cc1cncc(N2CC3(CCC3)[C@H]3COC[C@@H]32)n1. The van der Waals surface area contributed by atoms with Crippen molar-refractivity contribution in [3.8, 4) is 6.07 Å². The Morgan fingerprint density at radius 2 is 2.26 bits per heavy atom. The molecule has 0 amide bonds. The summed E-state index contributed by atoms with van der Waals surface area (Å²) in [5, 5.41) is 8.96. The van der Waals surface area contributed by atoms with E-state index in [1.54, 1.807) is 6.20 Å². The van der Waals surface area contributed by atoms with Gasteiger partial charge in [-0.05, 0) is 18.3 Å². The highest BCUT2D eigenvalue weighted by molar-refractivity contribution is 5.44. The van der Waals surface area contributed by atoms with Gasteiger partial charge in [-0.2, -0.15) is 5.26 Å². The predicted molar refractivity (Wildman–Crippen MR) is 68.5 cm³/mol. The summed E-state index contributed by atoms with van der Waals surface area (Å²) in [6.07, 6.45) is 7.23. The van der Waals surface area contributed by atoms with E-state index < -0.39 is 0 Å². The van der Waals surface area contributed by atoms with Crippen LogP contribution in [0.4, 0.5) is 5.82 Å². The van der Waals surface area contributed by atoms with Gasteiger partial charge in [-0.25, -0.2) is 4.98 Å². The lowest BCUT2D eigenvalue weighted by molar-refractivity contribution is 0.0672. The van der Waals surface area contributed by atoms with E-state index >= 15 is 0 Å². The van der Waals surface area contributed by atoms with E-state index in [9.17, 15) is 0 Å². The van der Waals surface area contributed by atoms with Gasteiger partial charge in [0.25, 0.3) is 0 Å². The average Bonchev–Trinajstić information content (AvgIpc) is 2.97. The smallest absolute Gasteiger partial charge is 0.161 e. The van der Waals surface area contributed by atoms with E-state index in [2.05, 4.69) is 20.9 Å². The lowest BCUT2D eigenvalue weighted by Gasteiger charge is -2.42. The fraction of sp³-hybridized carbons (Fsp3) is 0.643. The molecule has 3 heterocycles. The summed E-state index contributed by atoms with van der Waals surface area (Å²) in [7, 11) is 0. The number of nitriles is 1. The third kappa shape index (κ3) is 1.50. The Balaban J connectivity index is 1.69. The number of hydrogen-bond donors (Lipinski definition) is 0. The third-order valence-corrected chi connectivity index (χ3v) is 5.10. The van der Waals surface area contributed by atoms with Gasteiger partial charge in [0.15, 0.2) is 5.69 Å². The molecule has 5 nitrogen and oxygen atoms in total. The Kier molecular flexibility index (Phi) is 2.30. The van der Waals surface area contributed by atoms with Crippen molar-refractivity contribution in [2.45, 2.75) is 25.3 Å². The van der Waals surface area contributed by atoms with Crippen LogP contribution in [0.25, 0.3) is 0 Å². The van der Waals surface area contributed by atoms with Gasteiger partial charge in [0, 0.05) is 12.5 Å². The lowest BCUT2D eigenvalue weighted by atomic mass is 9.62. The second-order valence-corrected chi connectivity index (χ2v) is 5.93. The molecule has 3 aliphatic rings. The van der Waals surface area contributed by atoms with E-state index in [-0.39, 0.29) is 0 Å². The maximum absolute atomic E-state index is 8.96. The predicted octanol–water partition coefficient (Wildman–Crippen LogP) is 1.35. The Labute approximate surface area is 112 Å². The van der Waals surface area contributed by atoms with E-state index in [4.69, 9.17) is 10.00 Å². The molecule has 2 aliphatic heterocycles. The van der Waals surface area contributed by atoms with Crippen LogP contribution < -0.4 is 4.90 Å². The first kappa shape index (κ1) is 11.2. The van der Waals surface area contributed by atoms with Crippen LogP contribution in [-0.2, 0) is 4.74 Å². The molecule has 0 aromatic carbocycles. The molecule has 2 atom stereocenters. The zero-order valence-corrected chi connectivity index (χ0v) is 10.7. The monoisotopic (exact) mass is 256 g/mol. The number of ether oxygens (including phenoxy) is 1. The number of nitrogens with zero attached hydrogens (tertiary/aromatic N) is 4. The van der Waals surface area contributed by atoms with E-state index in [1.807, 2.05) is 0 Å². The molecular weight excluding hydrogens is 240 g/mol. The first-order valence-electron chi connectivity index (χ1n) is 6.89. The summed E-state index contributed by atoms with van der Waals surface area (Å²) >= 11 is 0. The minimum absolute atomic E-state index is 0.391.